The van der Waals surface area contributed by atoms with Crippen LogP contribution in [-0.2, 0) is 0 Å². The van der Waals surface area contributed by atoms with Crippen molar-refractivity contribution in [2.45, 2.75) is 70.1 Å². The fraction of sp³-hybridized carbons (Fsp3) is 0.636. The molecule has 0 spiro atoms. The third-order valence-corrected chi connectivity index (χ3v) is 6.53. The Hall–Kier alpha value is -1.18. The van der Waals surface area contributed by atoms with Crippen molar-refractivity contribution in [3.05, 3.63) is 48.1 Å². The predicted octanol–water partition coefficient (Wildman–Crippen LogP) is 7.01. The molecular weight excluding hydrogens is 302 g/mol. The molecule has 2 aliphatic rings. The van der Waals surface area contributed by atoms with Crippen LogP contribution in [0.1, 0.15) is 75.7 Å². The Balaban J connectivity index is 1.49. The lowest BCUT2D eigenvalue weighted by atomic mass is 9.68. The van der Waals surface area contributed by atoms with Gasteiger partial charge in [-0.3, -0.25) is 0 Å². The monoisotopic (exact) mass is 332 g/mol. The molecule has 0 atom stereocenters. The second-order valence-corrected chi connectivity index (χ2v) is 7.90. The van der Waals surface area contributed by atoms with Crippen LogP contribution in [0.25, 0.3) is 0 Å². The molecule has 0 unspecified atom stereocenters. The van der Waals surface area contributed by atoms with Gasteiger partial charge in [0, 0.05) is 0 Å². The Morgan fingerprint density at radius 1 is 0.917 bits per heavy atom. The van der Waals surface area contributed by atoms with Gasteiger partial charge < -0.3 is 0 Å². The molecule has 0 amide bonds. The molecule has 0 saturated heterocycles. The molecule has 2 saturated carbocycles. The van der Waals surface area contributed by atoms with Gasteiger partial charge in [-0.1, -0.05) is 31.1 Å². The Kier molecular flexibility index (Phi) is 6.08. The van der Waals surface area contributed by atoms with E-state index in [-0.39, 0.29) is 5.92 Å². The molecule has 2 heteroatoms. The molecule has 132 valence electrons. The number of benzene rings is 1. The Bertz CT molecular complexity index is 535. The summed E-state index contributed by atoms with van der Waals surface area (Å²) in [6.07, 6.45) is 14.4. The summed E-state index contributed by atoms with van der Waals surface area (Å²) >= 11 is 0. The highest BCUT2D eigenvalue weighted by atomic mass is 19.2. The summed E-state index contributed by atoms with van der Waals surface area (Å²) in [5.41, 5.74) is 0.599. The average molecular weight is 332 g/mol. The van der Waals surface area contributed by atoms with E-state index in [2.05, 4.69) is 6.58 Å². The molecule has 0 nitrogen and oxygen atoms in total. The van der Waals surface area contributed by atoms with Crippen molar-refractivity contribution in [3.8, 4) is 0 Å². The zero-order chi connectivity index (χ0) is 16.9. The molecule has 0 radical (unpaired) electrons. The van der Waals surface area contributed by atoms with Gasteiger partial charge in [-0.15, -0.1) is 6.58 Å². The Morgan fingerprint density at radius 2 is 1.54 bits per heavy atom. The summed E-state index contributed by atoms with van der Waals surface area (Å²) in [5.74, 6) is 1.45. The van der Waals surface area contributed by atoms with Crippen LogP contribution in [0.15, 0.2) is 30.9 Å². The summed E-state index contributed by atoms with van der Waals surface area (Å²) in [6, 6.07) is 4.63. The van der Waals surface area contributed by atoms with E-state index in [4.69, 9.17) is 0 Å². The van der Waals surface area contributed by atoms with E-state index in [1.54, 1.807) is 12.1 Å². The summed E-state index contributed by atoms with van der Waals surface area (Å²) in [5, 5.41) is 0. The second-order valence-electron chi connectivity index (χ2n) is 7.90. The third-order valence-electron chi connectivity index (χ3n) is 6.53. The van der Waals surface area contributed by atoms with E-state index < -0.39 is 11.6 Å². The highest BCUT2D eigenvalue weighted by Gasteiger charge is 2.32. The number of rotatable bonds is 5. The second kappa shape index (κ2) is 8.27. The molecule has 1 aromatic rings. The van der Waals surface area contributed by atoms with Crippen molar-refractivity contribution in [1.29, 1.82) is 0 Å². The highest BCUT2D eigenvalue weighted by molar-refractivity contribution is 5.23. The van der Waals surface area contributed by atoms with Crippen LogP contribution in [0.5, 0.6) is 0 Å². The van der Waals surface area contributed by atoms with Crippen molar-refractivity contribution in [2.75, 3.05) is 0 Å². The molecule has 0 N–H and O–H groups in total. The van der Waals surface area contributed by atoms with Crippen LogP contribution in [0.2, 0.25) is 0 Å². The molecule has 24 heavy (non-hydrogen) atoms. The molecule has 0 heterocycles. The van der Waals surface area contributed by atoms with Crippen LogP contribution < -0.4 is 0 Å². The first-order valence-electron chi connectivity index (χ1n) is 9.73. The van der Waals surface area contributed by atoms with Crippen molar-refractivity contribution in [1.82, 2.24) is 0 Å². The topological polar surface area (TPSA) is 0 Å². The van der Waals surface area contributed by atoms with E-state index in [9.17, 15) is 8.78 Å². The van der Waals surface area contributed by atoms with E-state index in [0.717, 1.165) is 37.0 Å². The van der Waals surface area contributed by atoms with Gasteiger partial charge in [-0.2, -0.15) is 0 Å². The molecule has 2 aliphatic carbocycles. The maximum absolute atomic E-state index is 14.0. The zero-order valence-electron chi connectivity index (χ0n) is 14.7. The fourth-order valence-corrected chi connectivity index (χ4v) is 5.04. The minimum absolute atomic E-state index is 0.209. The largest absolute Gasteiger partial charge is 0.204 e. The van der Waals surface area contributed by atoms with E-state index in [1.165, 1.54) is 51.0 Å². The summed E-state index contributed by atoms with van der Waals surface area (Å²) in [7, 11) is 0. The maximum atomic E-state index is 14.0. The average Bonchev–Trinajstić information content (AvgIpc) is 2.63. The fourth-order valence-electron chi connectivity index (χ4n) is 5.04. The summed E-state index contributed by atoms with van der Waals surface area (Å²) in [4.78, 5) is 0. The number of hydrogen-bond acceptors (Lipinski definition) is 0. The summed E-state index contributed by atoms with van der Waals surface area (Å²) in [6.45, 7) is 3.83. The van der Waals surface area contributed by atoms with Gasteiger partial charge in [0.05, 0.1) is 0 Å². The first-order chi connectivity index (χ1) is 11.7. The van der Waals surface area contributed by atoms with Gasteiger partial charge in [0.15, 0.2) is 11.6 Å². The smallest absolute Gasteiger partial charge is 0.162 e. The maximum Gasteiger partial charge on any atom is 0.162 e. The van der Waals surface area contributed by atoms with Crippen LogP contribution in [0, 0.1) is 29.4 Å². The zero-order valence-corrected chi connectivity index (χ0v) is 14.7. The standard InChI is InChI=1S/C22H30F2/c1-2-3-5-16-8-10-17(11-9-16)18-12-14-19(15-13-18)20-6-4-7-21(23)22(20)24/h2,4,6-7,16-19H,1,3,5,8-15H2. The molecule has 0 aromatic heterocycles. The molecule has 0 aliphatic heterocycles. The predicted molar refractivity (Wildman–Crippen MR) is 95.9 cm³/mol. The first-order valence-corrected chi connectivity index (χ1v) is 9.73. The van der Waals surface area contributed by atoms with Gasteiger partial charge in [0.25, 0.3) is 0 Å². The van der Waals surface area contributed by atoms with Crippen LogP contribution in [-0.4, -0.2) is 0 Å². The lowest BCUT2D eigenvalue weighted by molar-refractivity contribution is 0.156. The lowest BCUT2D eigenvalue weighted by Gasteiger charge is -2.38. The van der Waals surface area contributed by atoms with Crippen molar-refractivity contribution in [2.24, 2.45) is 17.8 Å². The van der Waals surface area contributed by atoms with Crippen LogP contribution >= 0.6 is 0 Å². The van der Waals surface area contributed by atoms with Crippen molar-refractivity contribution < 1.29 is 8.78 Å². The Morgan fingerprint density at radius 3 is 2.17 bits per heavy atom. The van der Waals surface area contributed by atoms with Gasteiger partial charge in [0.1, 0.15) is 0 Å². The van der Waals surface area contributed by atoms with E-state index >= 15 is 0 Å². The Labute approximate surface area is 145 Å². The normalized spacial score (nSPS) is 30.9. The lowest BCUT2D eigenvalue weighted by Crippen LogP contribution is -2.25. The van der Waals surface area contributed by atoms with E-state index in [0.29, 0.717) is 5.56 Å². The minimum Gasteiger partial charge on any atom is -0.204 e. The van der Waals surface area contributed by atoms with Gasteiger partial charge >= 0.3 is 0 Å². The summed E-state index contributed by atoms with van der Waals surface area (Å²) < 4.78 is 27.4. The van der Waals surface area contributed by atoms with Gasteiger partial charge in [-0.25, -0.2) is 8.78 Å². The quantitative estimate of drug-likeness (QED) is 0.509. The van der Waals surface area contributed by atoms with Crippen LogP contribution in [0.3, 0.4) is 0 Å². The van der Waals surface area contributed by atoms with Crippen molar-refractivity contribution >= 4 is 0 Å². The van der Waals surface area contributed by atoms with Gasteiger partial charge in [-0.05, 0) is 86.7 Å². The SMILES string of the molecule is C=CCCC1CCC(C2CCC(c3cccc(F)c3F)CC2)CC1. The first kappa shape index (κ1) is 17.6. The number of halogens is 2. The number of allylic oxidation sites excluding steroid dienone is 1. The van der Waals surface area contributed by atoms with Crippen molar-refractivity contribution in [3.63, 3.8) is 0 Å². The minimum atomic E-state index is -0.701. The van der Waals surface area contributed by atoms with Crippen LogP contribution in [0.4, 0.5) is 8.78 Å². The molecule has 3 rings (SSSR count). The molecular formula is C22H30F2. The van der Waals surface area contributed by atoms with Gasteiger partial charge in [0.2, 0.25) is 0 Å². The highest BCUT2D eigenvalue weighted by Crippen LogP contribution is 2.44. The molecule has 1 aromatic carbocycles. The third kappa shape index (κ3) is 4.07. The molecule has 0 bridgehead atoms. The van der Waals surface area contributed by atoms with E-state index in [1.807, 2.05) is 6.08 Å². The number of hydrogen-bond donors (Lipinski definition) is 0. The molecule has 2 fully saturated rings.